The summed E-state index contributed by atoms with van der Waals surface area (Å²) in [5, 5.41) is 2.07. The highest BCUT2D eigenvalue weighted by molar-refractivity contribution is 7.10. The first kappa shape index (κ1) is 16.5. The number of nitrogens with zero attached hydrogens (tertiary/aromatic N) is 1. The van der Waals surface area contributed by atoms with Crippen LogP contribution in [0.2, 0.25) is 0 Å². The number of amides is 1. The molecule has 1 unspecified atom stereocenters. The van der Waals surface area contributed by atoms with Gasteiger partial charge in [0.15, 0.2) is 18.1 Å². The van der Waals surface area contributed by atoms with Gasteiger partial charge in [-0.05, 0) is 44.2 Å². The van der Waals surface area contributed by atoms with Gasteiger partial charge in [0, 0.05) is 23.4 Å². The monoisotopic (exact) mass is 357 g/mol. The van der Waals surface area contributed by atoms with Gasteiger partial charge in [0.2, 0.25) is 0 Å². The Hall–Kier alpha value is -2.01. The van der Waals surface area contributed by atoms with Crippen LogP contribution in [0.4, 0.5) is 0 Å². The van der Waals surface area contributed by atoms with Crippen molar-refractivity contribution in [1.82, 2.24) is 4.90 Å². The first-order valence-electron chi connectivity index (χ1n) is 8.80. The van der Waals surface area contributed by atoms with Crippen molar-refractivity contribution in [2.75, 3.05) is 13.2 Å². The first-order valence-corrected chi connectivity index (χ1v) is 9.68. The Labute approximate surface area is 152 Å². The number of carbonyl (C=O) groups excluding carboxylic acids is 1. The topological polar surface area (TPSA) is 38.8 Å². The van der Waals surface area contributed by atoms with Crippen LogP contribution in [0.25, 0.3) is 0 Å². The average molecular weight is 357 g/mol. The van der Waals surface area contributed by atoms with Gasteiger partial charge in [0.25, 0.3) is 5.91 Å². The van der Waals surface area contributed by atoms with E-state index < -0.39 is 0 Å². The zero-order valence-electron chi connectivity index (χ0n) is 14.7. The molecule has 4 nitrogen and oxygen atoms in total. The number of hydrogen-bond donors (Lipinski definition) is 0. The maximum atomic E-state index is 12.7. The lowest BCUT2D eigenvalue weighted by molar-refractivity contribution is -0.134. The summed E-state index contributed by atoms with van der Waals surface area (Å²) >= 11 is 1.72. The van der Waals surface area contributed by atoms with Gasteiger partial charge in [0.05, 0.1) is 6.04 Å². The molecule has 0 radical (unpaired) electrons. The number of carbonyl (C=O) groups is 1. The molecule has 1 saturated heterocycles. The molecular weight excluding hydrogens is 334 g/mol. The van der Waals surface area contributed by atoms with E-state index in [1.54, 1.807) is 11.3 Å². The number of fused-ring (bicyclic) bond motifs is 1. The summed E-state index contributed by atoms with van der Waals surface area (Å²) in [4.78, 5) is 15.9. The van der Waals surface area contributed by atoms with E-state index in [-0.39, 0.29) is 24.2 Å². The van der Waals surface area contributed by atoms with Crippen LogP contribution >= 0.6 is 11.3 Å². The lowest BCUT2D eigenvalue weighted by Crippen LogP contribution is -2.34. The van der Waals surface area contributed by atoms with Crippen molar-refractivity contribution in [3.63, 3.8) is 0 Å². The predicted molar refractivity (Wildman–Crippen MR) is 98.4 cm³/mol. The van der Waals surface area contributed by atoms with Crippen LogP contribution in [0.15, 0.2) is 35.7 Å². The minimum Gasteiger partial charge on any atom is -0.483 e. The number of para-hydroxylation sites is 1. The van der Waals surface area contributed by atoms with Crippen molar-refractivity contribution >= 4 is 17.2 Å². The SMILES string of the molecule is CC1(C)Cc2cccc(OCC(=O)N3CCCC3c3cccs3)c2O1. The van der Waals surface area contributed by atoms with Crippen LogP contribution in [-0.4, -0.2) is 29.6 Å². The van der Waals surface area contributed by atoms with Gasteiger partial charge in [-0.15, -0.1) is 11.3 Å². The number of rotatable bonds is 4. The van der Waals surface area contributed by atoms with Crippen LogP contribution < -0.4 is 9.47 Å². The normalized spacial score (nSPS) is 21.0. The number of benzene rings is 1. The molecule has 132 valence electrons. The summed E-state index contributed by atoms with van der Waals surface area (Å²) in [5.74, 6) is 1.51. The van der Waals surface area contributed by atoms with Gasteiger partial charge in [-0.1, -0.05) is 18.2 Å². The minimum atomic E-state index is -0.217. The third-order valence-corrected chi connectivity index (χ3v) is 5.82. The number of thiophene rings is 1. The molecular formula is C20H23NO3S. The lowest BCUT2D eigenvalue weighted by Gasteiger charge is -2.24. The maximum Gasteiger partial charge on any atom is 0.261 e. The van der Waals surface area contributed by atoms with E-state index in [0.29, 0.717) is 5.75 Å². The molecule has 25 heavy (non-hydrogen) atoms. The van der Waals surface area contributed by atoms with Crippen molar-refractivity contribution in [2.24, 2.45) is 0 Å². The zero-order valence-corrected chi connectivity index (χ0v) is 15.5. The van der Waals surface area contributed by atoms with Crippen molar-refractivity contribution in [3.05, 3.63) is 46.2 Å². The van der Waals surface area contributed by atoms with Crippen molar-refractivity contribution in [1.29, 1.82) is 0 Å². The molecule has 2 aliphatic heterocycles. The Bertz CT molecular complexity index is 769. The van der Waals surface area contributed by atoms with Crippen molar-refractivity contribution in [3.8, 4) is 11.5 Å². The Morgan fingerprint density at radius 3 is 3.04 bits per heavy atom. The Morgan fingerprint density at radius 2 is 2.24 bits per heavy atom. The van der Waals surface area contributed by atoms with Crippen LogP contribution in [0.3, 0.4) is 0 Å². The van der Waals surface area contributed by atoms with Crippen molar-refractivity contribution < 1.29 is 14.3 Å². The minimum absolute atomic E-state index is 0.0470. The van der Waals surface area contributed by atoms with Crippen LogP contribution in [0.5, 0.6) is 11.5 Å². The number of likely N-dealkylation sites (tertiary alicyclic amines) is 1. The molecule has 0 aliphatic carbocycles. The largest absolute Gasteiger partial charge is 0.483 e. The van der Waals surface area contributed by atoms with Crippen LogP contribution in [-0.2, 0) is 11.2 Å². The quantitative estimate of drug-likeness (QED) is 0.823. The van der Waals surface area contributed by atoms with Crippen LogP contribution in [0.1, 0.15) is 43.2 Å². The first-order chi connectivity index (χ1) is 12.0. The van der Waals surface area contributed by atoms with Gasteiger partial charge in [-0.3, -0.25) is 4.79 Å². The molecule has 1 aromatic carbocycles. The number of hydrogen-bond acceptors (Lipinski definition) is 4. The summed E-state index contributed by atoms with van der Waals surface area (Å²) < 4.78 is 11.9. The molecule has 0 bridgehead atoms. The highest BCUT2D eigenvalue weighted by Crippen LogP contribution is 2.42. The highest BCUT2D eigenvalue weighted by atomic mass is 32.1. The van der Waals surface area contributed by atoms with E-state index in [0.717, 1.165) is 37.1 Å². The number of ether oxygens (including phenoxy) is 2. The molecule has 3 heterocycles. The third-order valence-electron chi connectivity index (χ3n) is 4.85. The summed E-state index contributed by atoms with van der Waals surface area (Å²) in [6.45, 7) is 5.00. The standard InChI is InChI=1S/C20H23NO3S/c1-20(2)12-14-6-3-8-16(19(14)24-20)23-13-18(22)21-10-4-7-15(21)17-9-5-11-25-17/h3,5-6,8-9,11,15H,4,7,10,12-13H2,1-2H3. The molecule has 0 saturated carbocycles. The van der Waals surface area contributed by atoms with E-state index in [9.17, 15) is 4.79 Å². The molecule has 2 aliphatic rings. The van der Waals surface area contributed by atoms with Gasteiger partial charge in [-0.25, -0.2) is 0 Å². The molecule has 1 fully saturated rings. The Morgan fingerprint density at radius 1 is 1.36 bits per heavy atom. The fraction of sp³-hybridized carbons (Fsp3) is 0.450. The molecule has 1 atom stereocenters. The fourth-order valence-electron chi connectivity index (χ4n) is 3.77. The van der Waals surface area contributed by atoms with E-state index in [1.165, 1.54) is 4.88 Å². The van der Waals surface area contributed by atoms with E-state index in [1.807, 2.05) is 23.1 Å². The lowest BCUT2D eigenvalue weighted by atomic mass is 10.0. The molecule has 4 rings (SSSR count). The molecule has 5 heteroatoms. The molecule has 2 aromatic rings. The molecule has 1 aromatic heterocycles. The van der Waals surface area contributed by atoms with Crippen molar-refractivity contribution in [2.45, 2.75) is 44.8 Å². The summed E-state index contributed by atoms with van der Waals surface area (Å²) in [6.07, 6.45) is 2.94. The Balaban J connectivity index is 1.44. The van der Waals surface area contributed by atoms with E-state index in [2.05, 4.69) is 31.4 Å². The smallest absolute Gasteiger partial charge is 0.261 e. The van der Waals surface area contributed by atoms with Crippen LogP contribution in [0, 0.1) is 0 Å². The fourth-order valence-corrected chi connectivity index (χ4v) is 4.64. The van der Waals surface area contributed by atoms with Gasteiger partial charge >= 0.3 is 0 Å². The summed E-state index contributed by atoms with van der Waals surface area (Å²) in [7, 11) is 0. The second kappa shape index (κ2) is 6.37. The highest BCUT2D eigenvalue weighted by Gasteiger charge is 2.33. The van der Waals surface area contributed by atoms with E-state index >= 15 is 0 Å². The zero-order chi connectivity index (χ0) is 17.4. The van der Waals surface area contributed by atoms with Gasteiger partial charge in [-0.2, -0.15) is 0 Å². The summed E-state index contributed by atoms with van der Waals surface area (Å²) in [5.41, 5.74) is 0.929. The van der Waals surface area contributed by atoms with E-state index in [4.69, 9.17) is 9.47 Å². The maximum absolute atomic E-state index is 12.7. The molecule has 1 amide bonds. The predicted octanol–water partition coefficient (Wildman–Crippen LogP) is 4.20. The molecule has 0 N–H and O–H groups in total. The Kier molecular flexibility index (Phi) is 4.20. The van der Waals surface area contributed by atoms with Gasteiger partial charge in [0.1, 0.15) is 5.60 Å². The average Bonchev–Trinajstić information content (AvgIpc) is 3.29. The second-order valence-electron chi connectivity index (χ2n) is 7.33. The summed E-state index contributed by atoms with van der Waals surface area (Å²) in [6, 6.07) is 10.3. The second-order valence-corrected chi connectivity index (χ2v) is 8.31. The van der Waals surface area contributed by atoms with Gasteiger partial charge < -0.3 is 14.4 Å². The third kappa shape index (κ3) is 3.25. The molecule has 0 spiro atoms.